The average Bonchev–Trinajstić information content (AvgIpc) is 2.95. The lowest BCUT2D eigenvalue weighted by atomic mass is 9.44. The molecule has 0 saturated heterocycles. The Balaban J connectivity index is 1.20. The molecule has 2 atom stereocenters. The summed E-state index contributed by atoms with van der Waals surface area (Å²) in [5, 5.41) is 3.34. The molecule has 0 spiro atoms. The molecule has 6 saturated carbocycles. The van der Waals surface area contributed by atoms with E-state index in [-0.39, 0.29) is 17.7 Å². The number of carbonyl (C=O) groups excluding carboxylic acids is 1. The maximum absolute atomic E-state index is 16.7. The van der Waals surface area contributed by atoms with Gasteiger partial charge in [-0.25, -0.2) is 14.4 Å². The third-order valence-corrected chi connectivity index (χ3v) is 10.8. The van der Waals surface area contributed by atoms with Gasteiger partial charge in [0, 0.05) is 46.1 Å². The fourth-order valence-electron chi connectivity index (χ4n) is 8.13. The summed E-state index contributed by atoms with van der Waals surface area (Å²) in [5.41, 5.74) is 0.397. The van der Waals surface area contributed by atoms with E-state index < -0.39 is 34.8 Å². The molecule has 2 aromatic heterocycles. The van der Waals surface area contributed by atoms with Crippen LogP contribution in [0.15, 0.2) is 55.0 Å². The average molecular weight is 595 g/mol. The largest absolute Gasteiger partial charge is 0.464 e. The third kappa shape index (κ3) is 4.59. The number of rotatable bonds is 8. The SMILES string of the molecule is CCOc1ncc(-c2cccc(C(NC(=O)C34CC(C3)C4)C34CCC(c5ccc(C(F)(F)F)cn5)(CC3)CC4F)c2)cn1. The highest BCUT2D eigenvalue weighted by Gasteiger charge is 2.64. The molecule has 1 amide bonds. The van der Waals surface area contributed by atoms with Crippen molar-refractivity contribution in [3.8, 4) is 17.1 Å². The molecule has 226 valence electrons. The monoisotopic (exact) mass is 594 g/mol. The molecule has 6 aliphatic carbocycles. The Morgan fingerprint density at radius 3 is 2.26 bits per heavy atom. The van der Waals surface area contributed by atoms with Gasteiger partial charge in [0.05, 0.1) is 18.2 Å². The molecular formula is C33H34F4N4O2. The number of aromatic nitrogens is 3. The highest BCUT2D eigenvalue weighted by Crippen LogP contribution is 2.66. The third-order valence-electron chi connectivity index (χ3n) is 10.8. The maximum Gasteiger partial charge on any atom is 0.417 e. The van der Waals surface area contributed by atoms with Crippen LogP contribution >= 0.6 is 0 Å². The first-order chi connectivity index (χ1) is 20.6. The van der Waals surface area contributed by atoms with E-state index in [4.69, 9.17) is 4.74 Å². The summed E-state index contributed by atoms with van der Waals surface area (Å²) in [6.45, 7) is 2.32. The highest BCUT2D eigenvalue weighted by molar-refractivity contribution is 5.86. The molecule has 0 aliphatic heterocycles. The molecule has 6 fully saturated rings. The van der Waals surface area contributed by atoms with Crippen molar-refractivity contribution >= 4 is 5.91 Å². The second-order valence-corrected chi connectivity index (χ2v) is 13.1. The number of nitrogens with zero attached hydrogens (tertiary/aromatic N) is 3. The number of amides is 1. The highest BCUT2D eigenvalue weighted by atomic mass is 19.4. The van der Waals surface area contributed by atoms with E-state index in [1.807, 2.05) is 31.2 Å². The summed E-state index contributed by atoms with van der Waals surface area (Å²) in [4.78, 5) is 26.4. The minimum absolute atomic E-state index is 0.00296. The number of pyridine rings is 1. The van der Waals surface area contributed by atoms with Gasteiger partial charge in [0.1, 0.15) is 6.17 Å². The number of alkyl halides is 4. The normalized spacial score (nSPS) is 31.5. The van der Waals surface area contributed by atoms with Gasteiger partial charge in [0.2, 0.25) is 5.91 Å². The summed E-state index contributed by atoms with van der Waals surface area (Å²) in [7, 11) is 0. The van der Waals surface area contributed by atoms with Gasteiger partial charge in [0.15, 0.2) is 0 Å². The van der Waals surface area contributed by atoms with Crippen molar-refractivity contribution in [1.29, 1.82) is 0 Å². The number of carbonyl (C=O) groups is 1. The fraction of sp³-hybridized carbons (Fsp3) is 0.515. The molecule has 6 aliphatic rings. The molecule has 0 radical (unpaired) electrons. The second kappa shape index (κ2) is 9.99. The fourth-order valence-corrected chi connectivity index (χ4v) is 8.13. The number of fused-ring (bicyclic) bond motifs is 3. The lowest BCUT2D eigenvalue weighted by molar-refractivity contribution is -0.169. The number of benzene rings is 1. The van der Waals surface area contributed by atoms with E-state index in [2.05, 4.69) is 20.3 Å². The van der Waals surface area contributed by atoms with Gasteiger partial charge in [-0.15, -0.1) is 0 Å². The standard InChI is InChI=1S/C33H34F4N4O2/c1-2-43-29-39-17-23(18-40-29)21-4-3-5-22(12-21)27(41-28(42)31-13-20(14-31)15-31)32-10-8-30(9-11-32,16-25(32)34)26-7-6-24(19-38-26)33(35,36)37/h3-7,12,17-20,25,27H,2,8-11,13-16H2,1H3,(H,41,42). The predicted molar refractivity (Wildman–Crippen MR) is 151 cm³/mol. The first-order valence-electron chi connectivity index (χ1n) is 15.1. The Morgan fingerprint density at radius 1 is 0.977 bits per heavy atom. The van der Waals surface area contributed by atoms with Crippen molar-refractivity contribution in [2.45, 2.75) is 82.1 Å². The van der Waals surface area contributed by atoms with Gasteiger partial charge in [0.25, 0.3) is 0 Å². The molecule has 10 heteroatoms. The van der Waals surface area contributed by atoms with Crippen molar-refractivity contribution in [3.05, 3.63) is 71.8 Å². The topological polar surface area (TPSA) is 77.0 Å². The minimum Gasteiger partial charge on any atom is -0.464 e. The van der Waals surface area contributed by atoms with Crippen LogP contribution in [0, 0.1) is 16.7 Å². The van der Waals surface area contributed by atoms with Crippen LogP contribution in [0.1, 0.15) is 81.2 Å². The maximum atomic E-state index is 16.7. The smallest absolute Gasteiger partial charge is 0.417 e. The Hall–Kier alpha value is -3.56. The molecule has 9 rings (SSSR count). The molecule has 2 unspecified atom stereocenters. The Morgan fingerprint density at radius 2 is 1.70 bits per heavy atom. The number of hydrogen-bond acceptors (Lipinski definition) is 5. The first kappa shape index (κ1) is 28.2. The van der Waals surface area contributed by atoms with Gasteiger partial charge in [-0.05, 0) is 93.5 Å². The van der Waals surface area contributed by atoms with Crippen LogP contribution < -0.4 is 10.1 Å². The summed E-state index contributed by atoms with van der Waals surface area (Å²) in [6.07, 6.45) is 3.51. The summed E-state index contributed by atoms with van der Waals surface area (Å²) in [6, 6.07) is 9.99. The van der Waals surface area contributed by atoms with Gasteiger partial charge >= 0.3 is 12.2 Å². The Labute approximate surface area is 247 Å². The first-order valence-corrected chi connectivity index (χ1v) is 15.1. The van der Waals surface area contributed by atoms with E-state index in [9.17, 15) is 18.0 Å². The predicted octanol–water partition coefficient (Wildman–Crippen LogP) is 7.15. The van der Waals surface area contributed by atoms with Crippen LogP contribution in [0.3, 0.4) is 0 Å². The molecule has 4 bridgehead atoms. The van der Waals surface area contributed by atoms with Gasteiger partial charge in [-0.2, -0.15) is 13.2 Å². The van der Waals surface area contributed by atoms with Gasteiger partial charge < -0.3 is 10.1 Å². The van der Waals surface area contributed by atoms with Crippen molar-refractivity contribution < 1.29 is 27.1 Å². The van der Waals surface area contributed by atoms with E-state index >= 15 is 4.39 Å². The van der Waals surface area contributed by atoms with Crippen LogP contribution in [0.5, 0.6) is 6.01 Å². The van der Waals surface area contributed by atoms with E-state index in [0.29, 0.717) is 49.9 Å². The Kier molecular flexibility index (Phi) is 6.56. The molecule has 1 aromatic carbocycles. The number of halogens is 4. The lowest BCUT2D eigenvalue weighted by Crippen LogP contribution is -2.63. The molecular weight excluding hydrogens is 560 g/mol. The zero-order chi connectivity index (χ0) is 30.0. The number of ether oxygens (including phenoxy) is 1. The molecule has 2 heterocycles. The zero-order valence-electron chi connectivity index (χ0n) is 24.0. The van der Waals surface area contributed by atoms with Gasteiger partial charge in [-0.3, -0.25) is 9.78 Å². The van der Waals surface area contributed by atoms with Crippen LogP contribution in [0.4, 0.5) is 17.6 Å². The quantitative estimate of drug-likeness (QED) is 0.280. The Bertz CT molecular complexity index is 1500. The lowest BCUT2D eigenvalue weighted by Gasteiger charge is -2.62. The van der Waals surface area contributed by atoms with E-state index in [1.54, 1.807) is 12.4 Å². The van der Waals surface area contributed by atoms with Crippen molar-refractivity contribution in [2.24, 2.45) is 16.7 Å². The zero-order valence-corrected chi connectivity index (χ0v) is 24.0. The van der Waals surface area contributed by atoms with E-state index in [1.165, 1.54) is 6.07 Å². The summed E-state index contributed by atoms with van der Waals surface area (Å²) < 4.78 is 61.5. The van der Waals surface area contributed by atoms with Crippen molar-refractivity contribution in [3.63, 3.8) is 0 Å². The summed E-state index contributed by atoms with van der Waals surface area (Å²) in [5.74, 6) is 0.628. The number of hydrogen-bond donors (Lipinski definition) is 1. The van der Waals surface area contributed by atoms with Crippen LogP contribution in [-0.4, -0.2) is 33.6 Å². The molecule has 1 N–H and O–H groups in total. The second-order valence-electron chi connectivity index (χ2n) is 13.1. The minimum atomic E-state index is -4.47. The summed E-state index contributed by atoms with van der Waals surface area (Å²) >= 11 is 0. The van der Waals surface area contributed by atoms with E-state index in [0.717, 1.165) is 48.2 Å². The van der Waals surface area contributed by atoms with Crippen molar-refractivity contribution in [2.75, 3.05) is 6.61 Å². The number of nitrogens with one attached hydrogen (secondary N) is 1. The van der Waals surface area contributed by atoms with Crippen LogP contribution in [0.25, 0.3) is 11.1 Å². The van der Waals surface area contributed by atoms with Crippen LogP contribution in [0.2, 0.25) is 0 Å². The molecule has 6 nitrogen and oxygen atoms in total. The molecule has 43 heavy (non-hydrogen) atoms. The van der Waals surface area contributed by atoms with Crippen LogP contribution in [-0.2, 0) is 16.4 Å². The van der Waals surface area contributed by atoms with Crippen molar-refractivity contribution in [1.82, 2.24) is 20.3 Å². The van der Waals surface area contributed by atoms with Gasteiger partial charge in [-0.1, -0.05) is 18.2 Å². The molecule has 3 aromatic rings.